The molecule has 6 heteroatoms. The van der Waals surface area contributed by atoms with Gasteiger partial charge in [-0.3, -0.25) is 0 Å². The Labute approximate surface area is 167 Å². The number of ether oxygens (including phenoxy) is 2. The summed E-state index contributed by atoms with van der Waals surface area (Å²) in [6.07, 6.45) is 3.55. The summed E-state index contributed by atoms with van der Waals surface area (Å²) in [6.45, 7) is 5.54. The maximum absolute atomic E-state index is 6.09. The molecule has 1 heterocycles. The third-order valence-corrected chi connectivity index (χ3v) is 6.16. The highest BCUT2D eigenvalue weighted by molar-refractivity contribution is 7.42. The number of benzene rings is 2. The van der Waals surface area contributed by atoms with Crippen molar-refractivity contribution < 1.29 is 23.0 Å². The predicted octanol–water partition coefficient (Wildman–Crippen LogP) is 5.83. The molecule has 2 aromatic rings. The fourth-order valence-corrected chi connectivity index (χ4v) is 4.57. The average Bonchev–Trinajstić information content (AvgIpc) is 3.18. The maximum Gasteiger partial charge on any atom is 0.529 e. The van der Waals surface area contributed by atoms with Crippen LogP contribution >= 0.6 is 8.60 Å². The van der Waals surface area contributed by atoms with Gasteiger partial charge in [0.05, 0.1) is 13.2 Å². The number of hydrogen-bond donors (Lipinski definition) is 0. The van der Waals surface area contributed by atoms with Gasteiger partial charge in [0, 0.05) is 18.8 Å². The largest absolute Gasteiger partial charge is 0.529 e. The maximum atomic E-state index is 6.09. The van der Waals surface area contributed by atoms with Gasteiger partial charge in [0.1, 0.15) is 17.3 Å². The van der Waals surface area contributed by atoms with Crippen molar-refractivity contribution in [2.24, 2.45) is 5.92 Å². The van der Waals surface area contributed by atoms with Gasteiger partial charge < -0.3 is 23.0 Å². The second kappa shape index (κ2) is 8.95. The summed E-state index contributed by atoms with van der Waals surface area (Å²) in [5, 5.41) is 0. The molecule has 0 N–H and O–H groups in total. The Bertz CT molecular complexity index is 710. The molecule has 0 atom stereocenters. The smallest absolute Gasteiger partial charge is 0.413 e. The van der Waals surface area contributed by atoms with Crippen LogP contribution in [0.2, 0.25) is 0 Å². The third-order valence-electron chi connectivity index (χ3n) is 5.05. The highest BCUT2D eigenvalue weighted by atomic mass is 31.2. The molecule has 0 radical (unpaired) electrons. The lowest BCUT2D eigenvalue weighted by molar-refractivity contribution is -0.181. The molecule has 1 saturated heterocycles. The van der Waals surface area contributed by atoms with Crippen molar-refractivity contribution in [2.75, 3.05) is 13.2 Å². The van der Waals surface area contributed by atoms with Gasteiger partial charge in [-0.15, -0.1) is 0 Å². The number of rotatable bonds is 7. The normalized spacial score (nSPS) is 18.9. The minimum atomic E-state index is -1.66. The van der Waals surface area contributed by atoms with Crippen LogP contribution in [0.1, 0.15) is 25.7 Å². The third kappa shape index (κ3) is 4.85. The predicted molar refractivity (Wildman–Crippen MR) is 108 cm³/mol. The van der Waals surface area contributed by atoms with Crippen molar-refractivity contribution >= 4 is 8.60 Å². The lowest BCUT2D eigenvalue weighted by Gasteiger charge is -2.35. The van der Waals surface area contributed by atoms with Gasteiger partial charge in [-0.25, -0.2) is 0 Å². The Morgan fingerprint density at radius 3 is 1.86 bits per heavy atom. The van der Waals surface area contributed by atoms with E-state index in [9.17, 15) is 0 Å². The van der Waals surface area contributed by atoms with Gasteiger partial charge in [0.25, 0.3) is 0 Å². The quantitative estimate of drug-likeness (QED) is 0.432. The van der Waals surface area contributed by atoms with Crippen LogP contribution in [0.3, 0.4) is 0 Å². The summed E-state index contributed by atoms with van der Waals surface area (Å²) in [4.78, 5) is 0. The van der Waals surface area contributed by atoms with Crippen LogP contribution in [0.5, 0.6) is 11.5 Å². The Morgan fingerprint density at radius 1 is 0.857 bits per heavy atom. The molecule has 148 valence electrons. The Kier molecular flexibility index (Phi) is 6.16. The minimum absolute atomic E-state index is 0.238. The number of hydrogen-bond acceptors (Lipinski definition) is 5. The zero-order valence-corrected chi connectivity index (χ0v) is 16.7. The van der Waals surface area contributed by atoms with Crippen LogP contribution in [-0.2, 0) is 14.0 Å². The van der Waals surface area contributed by atoms with Crippen molar-refractivity contribution in [3.63, 3.8) is 0 Å². The van der Waals surface area contributed by atoms with Gasteiger partial charge >= 0.3 is 8.60 Å². The van der Waals surface area contributed by atoms with Crippen LogP contribution in [-0.4, -0.2) is 19.0 Å². The minimum Gasteiger partial charge on any atom is -0.413 e. The molecule has 1 aliphatic heterocycles. The van der Waals surface area contributed by atoms with E-state index in [-0.39, 0.29) is 11.7 Å². The molecule has 2 aromatic carbocycles. The van der Waals surface area contributed by atoms with E-state index in [0.717, 1.165) is 25.7 Å². The molecule has 0 aromatic heterocycles. The molecule has 0 bridgehead atoms. The van der Waals surface area contributed by atoms with E-state index in [4.69, 9.17) is 23.0 Å². The second-order valence-corrected chi connectivity index (χ2v) is 7.97. The van der Waals surface area contributed by atoms with E-state index in [0.29, 0.717) is 30.5 Å². The van der Waals surface area contributed by atoms with Crippen molar-refractivity contribution in [3.8, 4) is 11.5 Å². The molecular weight excluding hydrogens is 375 g/mol. The Hall–Kier alpha value is -2.07. The molecule has 1 aliphatic carbocycles. The van der Waals surface area contributed by atoms with Crippen molar-refractivity contribution in [1.29, 1.82) is 0 Å². The van der Waals surface area contributed by atoms with Crippen molar-refractivity contribution in [1.82, 2.24) is 0 Å². The first-order chi connectivity index (χ1) is 13.7. The molecule has 1 saturated carbocycles. The Morgan fingerprint density at radius 2 is 1.36 bits per heavy atom. The molecular formula is C22H25O5P. The molecule has 0 amide bonds. The van der Waals surface area contributed by atoms with E-state index < -0.39 is 8.60 Å². The van der Waals surface area contributed by atoms with E-state index in [1.165, 1.54) is 0 Å². The highest BCUT2D eigenvalue weighted by Gasteiger charge is 2.41. The zero-order chi connectivity index (χ0) is 19.2. The van der Waals surface area contributed by atoms with E-state index in [1.807, 2.05) is 60.7 Å². The highest BCUT2D eigenvalue weighted by Crippen LogP contribution is 2.47. The molecule has 1 spiro atoms. The first-order valence-corrected chi connectivity index (χ1v) is 10.7. The van der Waals surface area contributed by atoms with Gasteiger partial charge in [-0.05, 0) is 37.1 Å². The lowest BCUT2D eigenvalue weighted by Crippen LogP contribution is -2.35. The molecule has 2 aliphatic rings. The van der Waals surface area contributed by atoms with Crippen LogP contribution in [0.15, 0.2) is 73.0 Å². The van der Waals surface area contributed by atoms with Crippen molar-refractivity contribution in [3.05, 3.63) is 73.0 Å². The van der Waals surface area contributed by atoms with Crippen molar-refractivity contribution in [2.45, 2.75) is 31.5 Å². The van der Waals surface area contributed by atoms with E-state index in [1.54, 1.807) is 0 Å². The van der Waals surface area contributed by atoms with Crippen LogP contribution in [0, 0.1) is 5.92 Å². The monoisotopic (exact) mass is 400 g/mol. The number of para-hydroxylation sites is 2. The summed E-state index contributed by atoms with van der Waals surface area (Å²) in [6, 6.07) is 19.1. The van der Waals surface area contributed by atoms with Crippen LogP contribution < -0.4 is 9.05 Å². The van der Waals surface area contributed by atoms with Crippen LogP contribution in [0.25, 0.3) is 0 Å². The molecule has 4 rings (SSSR count). The van der Waals surface area contributed by atoms with Gasteiger partial charge in [0.15, 0.2) is 5.79 Å². The average molecular weight is 400 g/mol. The zero-order valence-electron chi connectivity index (χ0n) is 15.8. The molecule has 2 fully saturated rings. The summed E-state index contributed by atoms with van der Waals surface area (Å²) in [7, 11) is -1.66. The summed E-state index contributed by atoms with van der Waals surface area (Å²) in [5.41, 5.74) is 0. The molecule has 5 nitrogen and oxygen atoms in total. The lowest BCUT2D eigenvalue weighted by atomic mass is 9.84. The summed E-state index contributed by atoms with van der Waals surface area (Å²) >= 11 is 0. The first-order valence-electron chi connectivity index (χ1n) is 9.63. The SMILES string of the molecule is C=C(OP(Oc1ccccc1)Oc1ccccc1)C1CCC2(CC1)OCCO2. The fraction of sp³-hybridized carbons (Fsp3) is 0.364. The molecule has 0 unspecified atom stereocenters. The summed E-state index contributed by atoms with van der Waals surface area (Å²) in [5.74, 6) is 1.95. The van der Waals surface area contributed by atoms with E-state index in [2.05, 4.69) is 6.58 Å². The van der Waals surface area contributed by atoms with Gasteiger partial charge in [0.2, 0.25) is 0 Å². The fourth-order valence-electron chi connectivity index (χ4n) is 3.53. The van der Waals surface area contributed by atoms with Crippen LogP contribution in [0.4, 0.5) is 0 Å². The van der Waals surface area contributed by atoms with Gasteiger partial charge in [-0.1, -0.05) is 43.0 Å². The van der Waals surface area contributed by atoms with E-state index >= 15 is 0 Å². The molecule has 28 heavy (non-hydrogen) atoms. The summed E-state index contributed by atoms with van der Waals surface area (Å²) < 4.78 is 29.7. The standard InChI is InChI=1S/C22H25O5P/c1-18(19-12-14-22(15-13-19)23-16-17-24-22)25-28(26-20-8-4-2-5-9-20)27-21-10-6-3-7-11-21/h2-11,19H,1,12-17H2. The number of allylic oxidation sites excluding steroid dienone is 1. The topological polar surface area (TPSA) is 46.2 Å². The Balaban J connectivity index is 1.39. The second-order valence-electron chi connectivity index (χ2n) is 6.97. The first kappa shape index (κ1) is 19.3. The van der Waals surface area contributed by atoms with Gasteiger partial charge in [-0.2, -0.15) is 0 Å².